The summed E-state index contributed by atoms with van der Waals surface area (Å²) >= 11 is 0. The minimum atomic E-state index is -3.49. The van der Waals surface area contributed by atoms with Crippen molar-refractivity contribution < 1.29 is 27.2 Å². The van der Waals surface area contributed by atoms with Crippen molar-refractivity contribution in [3.05, 3.63) is 84.0 Å². The Hall–Kier alpha value is -2.42. The zero-order chi connectivity index (χ0) is 31.2. The van der Waals surface area contributed by atoms with E-state index in [4.69, 9.17) is 27.2 Å². The van der Waals surface area contributed by atoms with Gasteiger partial charge in [0.05, 0.1) is 13.2 Å². The van der Waals surface area contributed by atoms with Crippen molar-refractivity contribution in [2.75, 3.05) is 39.6 Å². The average molecular weight is 613 g/mol. The van der Waals surface area contributed by atoms with Crippen molar-refractivity contribution in [3.63, 3.8) is 0 Å². The Morgan fingerprint density at radius 2 is 0.907 bits per heavy atom. The van der Waals surface area contributed by atoms with Crippen molar-refractivity contribution in [3.8, 4) is 11.5 Å². The van der Waals surface area contributed by atoms with Gasteiger partial charge in [-0.1, -0.05) is 73.5 Å². The van der Waals surface area contributed by atoms with Gasteiger partial charge in [-0.05, 0) is 102 Å². The van der Waals surface area contributed by atoms with E-state index in [-0.39, 0.29) is 0 Å². The van der Waals surface area contributed by atoms with E-state index in [0.29, 0.717) is 51.5 Å². The molecule has 0 saturated heterocycles. The highest BCUT2D eigenvalue weighted by atomic mass is 28.4. The summed E-state index contributed by atoms with van der Waals surface area (Å²) in [5.41, 5.74) is 2.71. The molecule has 2 atom stereocenters. The zero-order valence-corrected chi connectivity index (χ0v) is 28.5. The highest BCUT2D eigenvalue weighted by Gasteiger charge is 2.46. The molecule has 240 valence electrons. The molecule has 2 aromatic rings. The second-order valence-corrected chi connectivity index (χ2v) is 13.9. The summed E-state index contributed by atoms with van der Waals surface area (Å²) in [7, 11) is -3.49. The van der Waals surface area contributed by atoms with Crippen molar-refractivity contribution in [1.29, 1.82) is 0 Å². The number of para-hydroxylation sites is 2. The predicted molar refractivity (Wildman–Crippen MR) is 178 cm³/mol. The topological polar surface area (TPSA) is 55.4 Å². The van der Waals surface area contributed by atoms with Gasteiger partial charge < -0.3 is 27.2 Å². The van der Waals surface area contributed by atoms with Crippen LogP contribution < -0.4 is 9.47 Å². The Bertz CT molecular complexity index is 935. The summed E-state index contributed by atoms with van der Waals surface area (Å²) in [5, 5.41) is 0. The monoisotopic (exact) mass is 612 g/mol. The minimum Gasteiger partial charge on any atom is -0.491 e. The van der Waals surface area contributed by atoms with Crippen LogP contribution in [0.4, 0.5) is 0 Å². The summed E-state index contributed by atoms with van der Waals surface area (Å²) in [5.74, 6) is 2.63. The van der Waals surface area contributed by atoms with Gasteiger partial charge in [0.25, 0.3) is 0 Å². The first-order valence-electron chi connectivity index (χ1n) is 16.0. The molecule has 43 heavy (non-hydrogen) atoms. The average Bonchev–Trinajstić information content (AvgIpc) is 2.98. The lowest BCUT2D eigenvalue weighted by molar-refractivity contribution is -0.0465. The molecular formula is C36H56O6Si. The van der Waals surface area contributed by atoms with Crippen LogP contribution in [-0.2, 0) is 17.7 Å². The fraction of sp³-hybridized carbons (Fsp3) is 0.556. The highest BCUT2D eigenvalue weighted by Crippen LogP contribution is 2.20. The second kappa shape index (κ2) is 22.1. The maximum absolute atomic E-state index is 6.46. The van der Waals surface area contributed by atoms with Crippen LogP contribution >= 0.6 is 0 Å². The van der Waals surface area contributed by atoms with E-state index in [1.165, 1.54) is 11.1 Å². The fourth-order valence-corrected chi connectivity index (χ4v) is 6.21. The quantitative estimate of drug-likeness (QED) is 0.0669. The van der Waals surface area contributed by atoms with Crippen LogP contribution in [-0.4, -0.2) is 48.7 Å². The van der Waals surface area contributed by atoms with E-state index in [2.05, 4.69) is 53.7 Å². The Balaban J connectivity index is 2.04. The molecule has 0 radical (unpaired) electrons. The molecule has 0 heterocycles. The second-order valence-electron chi connectivity index (χ2n) is 11.7. The molecule has 0 aliphatic carbocycles. The van der Waals surface area contributed by atoms with Crippen LogP contribution in [0.25, 0.3) is 0 Å². The van der Waals surface area contributed by atoms with E-state index < -0.39 is 9.05 Å². The van der Waals surface area contributed by atoms with Crippen molar-refractivity contribution in [2.24, 2.45) is 11.8 Å². The number of hydrogen-bond donors (Lipinski definition) is 0. The number of allylic oxidation sites excluding steroid dienone is 4. The van der Waals surface area contributed by atoms with Crippen LogP contribution in [0, 0.1) is 11.8 Å². The molecule has 0 aromatic heterocycles. The van der Waals surface area contributed by atoms with Crippen LogP contribution in [0.5, 0.6) is 11.5 Å². The first-order valence-corrected chi connectivity index (χ1v) is 17.6. The number of rotatable bonds is 24. The lowest BCUT2D eigenvalue weighted by Crippen LogP contribution is -2.51. The van der Waals surface area contributed by atoms with E-state index in [9.17, 15) is 0 Å². The Labute approximate surface area is 262 Å². The molecule has 0 saturated carbocycles. The first kappa shape index (κ1) is 36.8. The fourth-order valence-electron chi connectivity index (χ4n) is 4.31. The van der Waals surface area contributed by atoms with Crippen molar-refractivity contribution in [1.82, 2.24) is 0 Å². The van der Waals surface area contributed by atoms with Gasteiger partial charge in [-0.25, -0.2) is 0 Å². The highest BCUT2D eigenvalue weighted by molar-refractivity contribution is 6.53. The summed E-state index contributed by atoms with van der Waals surface area (Å²) in [4.78, 5) is 0. The standard InChI is InChI=1S/C36H56O6Si/c1-31(2)15-13-17-33(5)23-25-39-43(40-26-24-34(6)18-14-16-32(3)4,41-29-27-37-35-19-9-7-10-20-35)42-30-28-38-36-21-11-8-12-22-36/h7-12,15-16,19-22,33-34H,13-14,17-18,23-30H2,1-6H3. The lowest BCUT2D eigenvalue weighted by atomic mass is 10.0. The van der Waals surface area contributed by atoms with Gasteiger partial charge in [-0.3, -0.25) is 0 Å². The molecule has 0 bridgehead atoms. The van der Waals surface area contributed by atoms with E-state index in [1.807, 2.05) is 60.7 Å². The first-order chi connectivity index (χ1) is 20.8. The van der Waals surface area contributed by atoms with Gasteiger partial charge in [0.15, 0.2) is 0 Å². The molecule has 0 fully saturated rings. The third-order valence-corrected chi connectivity index (χ3v) is 9.18. The van der Waals surface area contributed by atoms with E-state index in [0.717, 1.165) is 50.0 Å². The van der Waals surface area contributed by atoms with Crippen LogP contribution in [0.2, 0.25) is 0 Å². The molecule has 2 rings (SSSR count). The van der Waals surface area contributed by atoms with Crippen molar-refractivity contribution >= 4 is 9.05 Å². The third-order valence-electron chi connectivity index (χ3n) is 6.95. The van der Waals surface area contributed by atoms with E-state index in [1.54, 1.807) is 0 Å². The van der Waals surface area contributed by atoms with Gasteiger partial charge >= 0.3 is 9.05 Å². The number of benzene rings is 2. The van der Waals surface area contributed by atoms with Crippen molar-refractivity contribution in [2.45, 2.75) is 80.1 Å². The molecular weight excluding hydrogens is 556 g/mol. The summed E-state index contributed by atoms with van der Waals surface area (Å²) in [6, 6.07) is 19.5. The number of hydrogen-bond acceptors (Lipinski definition) is 6. The molecule has 0 aliphatic heterocycles. The summed E-state index contributed by atoms with van der Waals surface area (Å²) in [6.45, 7) is 15.5. The minimum absolute atomic E-state index is 0.299. The molecule has 0 amide bonds. The lowest BCUT2D eigenvalue weighted by Gasteiger charge is -2.29. The molecule has 6 nitrogen and oxygen atoms in total. The summed E-state index contributed by atoms with van der Waals surface area (Å²) < 4.78 is 37.4. The predicted octanol–water partition coefficient (Wildman–Crippen LogP) is 9.19. The summed E-state index contributed by atoms with van der Waals surface area (Å²) in [6.07, 6.45) is 10.8. The smallest absolute Gasteiger partial charge is 0.491 e. The maximum atomic E-state index is 6.46. The molecule has 0 aliphatic rings. The molecule has 2 aromatic carbocycles. The Morgan fingerprint density at radius 1 is 0.535 bits per heavy atom. The van der Waals surface area contributed by atoms with Crippen LogP contribution in [0.3, 0.4) is 0 Å². The third kappa shape index (κ3) is 18.1. The molecule has 2 unspecified atom stereocenters. The zero-order valence-electron chi connectivity index (χ0n) is 27.5. The van der Waals surface area contributed by atoms with Gasteiger partial charge in [0.2, 0.25) is 0 Å². The largest absolute Gasteiger partial charge is 0.679 e. The Morgan fingerprint density at radius 3 is 1.28 bits per heavy atom. The van der Waals surface area contributed by atoms with Crippen LogP contribution in [0.15, 0.2) is 84.0 Å². The Kier molecular flexibility index (Phi) is 18.9. The van der Waals surface area contributed by atoms with Gasteiger partial charge in [0, 0.05) is 13.2 Å². The SMILES string of the molecule is CC(C)=CCCC(C)CCO[Si](OCCOc1ccccc1)(OCCOc1ccccc1)OCCC(C)CCC=C(C)C. The van der Waals surface area contributed by atoms with Gasteiger partial charge in [-0.2, -0.15) is 0 Å². The van der Waals surface area contributed by atoms with Gasteiger partial charge in [-0.15, -0.1) is 0 Å². The number of ether oxygens (including phenoxy) is 2. The molecule has 0 N–H and O–H groups in total. The maximum Gasteiger partial charge on any atom is 0.679 e. The van der Waals surface area contributed by atoms with Gasteiger partial charge in [0.1, 0.15) is 24.7 Å². The molecule has 7 heteroatoms. The van der Waals surface area contributed by atoms with E-state index >= 15 is 0 Å². The van der Waals surface area contributed by atoms with Crippen LogP contribution in [0.1, 0.15) is 80.1 Å². The normalized spacial score (nSPS) is 12.8. The molecule has 0 spiro atoms.